The van der Waals surface area contributed by atoms with Crippen molar-refractivity contribution in [1.82, 2.24) is 29.9 Å². The molecule has 0 fully saturated rings. The molecule has 180 valence electrons. The summed E-state index contributed by atoms with van der Waals surface area (Å²) in [5.41, 5.74) is 5.83. The molecule has 0 saturated carbocycles. The summed E-state index contributed by atoms with van der Waals surface area (Å²) in [6.07, 6.45) is 6.04. The third-order valence-electron chi connectivity index (χ3n) is 6.30. The van der Waals surface area contributed by atoms with Gasteiger partial charge in [0.15, 0.2) is 11.6 Å². The molecule has 4 aromatic carbocycles. The summed E-state index contributed by atoms with van der Waals surface area (Å²) in [7, 11) is 0. The normalized spacial score (nSPS) is 11.2. The number of aromatic nitrogens is 6. The average Bonchev–Trinajstić information content (AvgIpc) is 3.36. The van der Waals surface area contributed by atoms with Crippen LogP contribution in [-0.4, -0.2) is 29.9 Å². The summed E-state index contributed by atoms with van der Waals surface area (Å²) in [5, 5.41) is 6.09. The minimum Gasteiger partial charge on any atom is -0.355 e. The van der Waals surface area contributed by atoms with E-state index in [0.29, 0.717) is 11.6 Å². The lowest BCUT2D eigenvalue weighted by atomic mass is 9.99. The van der Waals surface area contributed by atoms with Crippen LogP contribution in [0.5, 0.6) is 0 Å². The van der Waals surface area contributed by atoms with Gasteiger partial charge in [0, 0.05) is 42.7 Å². The molecule has 0 aliphatic carbocycles. The Bertz CT molecular complexity index is 1900. The van der Waals surface area contributed by atoms with Gasteiger partial charge in [-0.05, 0) is 59.7 Å². The van der Waals surface area contributed by atoms with Crippen LogP contribution in [0.1, 0.15) is 0 Å². The highest BCUT2D eigenvalue weighted by Crippen LogP contribution is 2.38. The molecule has 0 spiro atoms. The van der Waals surface area contributed by atoms with Crippen molar-refractivity contribution in [3.8, 4) is 33.9 Å². The molecule has 0 aliphatic heterocycles. The van der Waals surface area contributed by atoms with Crippen molar-refractivity contribution in [1.29, 1.82) is 0 Å². The zero-order chi connectivity index (χ0) is 25.3. The SMILES string of the molecule is c1cc(Nc2cc(-c3ccc4sc5ccccc5c4c3)cc(-c3ncncn3)c2)cc(-c2ncncn2)c1. The number of rotatable bonds is 5. The Balaban J connectivity index is 1.33. The number of benzene rings is 4. The Hall–Kier alpha value is -5.08. The molecule has 0 aliphatic rings. The van der Waals surface area contributed by atoms with Crippen molar-refractivity contribution >= 4 is 42.9 Å². The monoisotopic (exact) mass is 509 g/mol. The molecule has 7 rings (SSSR count). The summed E-state index contributed by atoms with van der Waals surface area (Å²) in [5.74, 6) is 1.24. The first-order chi connectivity index (χ1) is 18.8. The molecule has 0 unspecified atom stereocenters. The van der Waals surface area contributed by atoms with Crippen LogP contribution >= 0.6 is 11.3 Å². The topological polar surface area (TPSA) is 89.4 Å². The molecule has 1 N–H and O–H groups in total. The van der Waals surface area contributed by atoms with Gasteiger partial charge in [-0.3, -0.25) is 0 Å². The van der Waals surface area contributed by atoms with Crippen LogP contribution in [0.3, 0.4) is 0 Å². The first-order valence-corrected chi connectivity index (χ1v) is 12.8. The summed E-state index contributed by atoms with van der Waals surface area (Å²) in [6, 6.07) is 29.5. The fourth-order valence-electron chi connectivity index (χ4n) is 4.58. The van der Waals surface area contributed by atoms with E-state index in [1.807, 2.05) is 41.7 Å². The van der Waals surface area contributed by atoms with Gasteiger partial charge in [0.1, 0.15) is 25.3 Å². The Labute approximate surface area is 222 Å². The number of hydrogen-bond acceptors (Lipinski definition) is 8. The van der Waals surface area contributed by atoms with E-state index in [1.54, 1.807) is 0 Å². The molecule has 3 aromatic heterocycles. The lowest BCUT2D eigenvalue weighted by molar-refractivity contribution is 1.06. The number of nitrogens with one attached hydrogen (secondary N) is 1. The van der Waals surface area contributed by atoms with Crippen LogP contribution in [0.25, 0.3) is 54.1 Å². The number of fused-ring (bicyclic) bond motifs is 3. The summed E-state index contributed by atoms with van der Waals surface area (Å²) in [6.45, 7) is 0. The second kappa shape index (κ2) is 9.42. The maximum atomic E-state index is 4.40. The van der Waals surface area contributed by atoms with Crippen molar-refractivity contribution in [2.45, 2.75) is 0 Å². The van der Waals surface area contributed by atoms with Gasteiger partial charge in [-0.1, -0.05) is 36.4 Å². The zero-order valence-corrected chi connectivity index (χ0v) is 20.8. The fraction of sp³-hybridized carbons (Fsp3) is 0. The first-order valence-electron chi connectivity index (χ1n) is 12.0. The van der Waals surface area contributed by atoms with E-state index in [9.17, 15) is 0 Å². The molecule has 38 heavy (non-hydrogen) atoms. The Morgan fingerprint density at radius 3 is 1.97 bits per heavy atom. The van der Waals surface area contributed by atoms with Crippen molar-refractivity contribution in [3.63, 3.8) is 0 Å². The number of nitrogens with zero attached hydrogens (tertiary/aromatic N) is 6. The van der Waals surface area contributed by atoms with E-state index < -0.39 is 0 Å². The minimum atomic E-state index is 0.617. The van der Waals surface area contributed by atoms with Crippen LogP contribution in [-0.2, 0) is 0 Å². The standard InChI is InChI=1S/C30H19N7S/c1-2-7-27-25(6-1)26-14-19(8-9-28(26)38-27)21-10-22(30-35-17-32-18-36-30)13-24(12-21)37-23-5-3-4-20(11-23)29-33-15-31-16-34-29/h1-18,37H. The third kappa shape index (κ3) is 4.23. The van der Waals surface area contributed by atoms with Gasteiger partial charge in [0.2, 0.25) is 0 Å². The van der Waals surface area contributed by atoms with Crippen LogP contribution in [0.2, 0.25) is 0 Å². The van der Waals surface area contributed by atoms with E-state index in [0.717, 1.165) is 33.6 Å². The molecule has 0 radical (unpaired) electrons. The van der Waals surface area contributed by atoms with Crippen molar-refractivity contribution in [2.24, 2.45) is 0 Å². The number of hydrogen-bond donors (Lipinski definition) is 1. The third-order valence-corrected chi connectivity index (χ3v) is 7.45. The van der Waals surface area contributed by atoms with Crippen molar-refractivity contribution < 1.29 is 0 Å². The van der Waals surface area contributed by atoms with Crippen LogP contribution < -0.4 is 5.32 Å². The Kier molecular flexibility index (Phi) is 5.49. The highest BCUT2D eigenvalue weighted by Gasteiger charge is 2.11. The largest absolute Gasteiger partial charge is 0.355 e. The van der Waals surface area contributed by atoms with Gasteiger partial charge >= 0.3 is 0 Å². The lowest BCUT2D eigenvalue weighted by Crippen LogP contribution is -1.96. The second-order valence-electron chi connectivity index (χ2n) is 8.74. The second-order valence-corrected chi connectivity index (χ2v) is 9.82. The molecule has 0 bridgehead atoms. The molecular formula is C30H19N7S. The Morgan fingerprint density at radius 2 is 1.16 bits per heavy atom. The average molecular weight is 510 g/mol. The minimum absolute atomic E-state index is 0.617. The van der Waals surface area contributed by atoms with E-state index in [2.05, 4.69) is 89.8 Å². The molecule has 7 aromatic rings. The van der Waals surface area contributed by atoms with Gasteiger partial charge in [0.25, 0.3) is 0 Å². The number of anilines is 2. The molecule has 7 nitrogen and oxygen atoms in total. The molecule has 0 amide bonds. The van der Waals surface area contributed by atoms with E-state index in [4.69, 9.17) is 0 Å². The van der Waals surface area contributed by atoms with Crippen LogP contribution in [0.15, 0.2) is 110 Å². The predicted molar refractivity (Wildman–Crippen MR) is 152 cm³/mol. The maximum Gasteiger partial charge on any atom is 0.162 e. The summed E-state index contributed by atoms with van der Waals surface area (Å²) in [4.78, 5) is 25.2. The van der Waals surface area contributed by atoms with Gasteiger partial charge in [0.05, 0.1) is 0 Å². The van der Waals surface area contributed by atoms with E-state index in [-0.39, 0.29) is 0 Å². The molecule has 8 heteroatoms. The van der Waals surface area contributed by atoms with Gasteiger partial charge in [-0.25, -0.2) is 29.9 Å². The fourth-order valence-corrected chi connectivity index (χ4v) is 5.67. The number of thiophene rings is 1. The highest BCUT2D eigenvalue weighted by atomic mass is 32.1. The van der Waals surface area contributed by atoms with Crippen LogP contribution in [0.4, 0.5) is 11.4 Å². The quantitative estimate of drug-likeness (QED) is 0.263. The summed E-state index contributed by atoms with van der Waals surface area (Å²) >= 11 is 1.82. The van der Waals surface area contributed by atoms with E-state index in [1.165, 1.54) is 45.5 Å². The van der Waals surface area contributed by atoms with Crippen molar-refractivity contribution in [2.75, 3.05) is 5.32 Å². The smallest absolute Gasteiger partial charge is 0.162 e. The highest BCUT2D eigenvalue weighted by molar-refractivity contribution is 7.25. The van der Waals surface area contributed by atoms with Crippen LogP contribution in [0, 0.1) is 0 Å². The molecule has 0 atom stereocenters. The molecule has 0 saturated heterocycles. The maximum absolute atomic E-state index is 4.40. The molecular weight excluding hydrogens is 490 g/mol. The predicted octanol–water partition coefficient (Wildman–Crippen LogP) is 7.17. The first kappa shape index (κ1) is 22.1. The molecule has 3 heterocycles. The lowest BCUT2D eigenvalue weighted by Gasteiger charge is -2.13. The summed E-state index contributed by atoms with van der Waals surface area (Å²) < 4.78 is 2.57. The zero-order valence-electron chi connectivity index (χ0n) is 20.0. The Morgan fingerprint density at radius 1 is 0.474 bits per heavy atom. The van der Waals surface area contributed by atoms with Crippen molar-refractivity contribution in [3.05, 3.63) is 110 Å². The van der Waals surface area contributed by atoms with Gasteiger partial charge in [-0.15, -0.1) is 11.3 Å². The van der Waals surface area contributed by atoms with Gasteiger partial charge in [-0.2, -0.15) is 0 Å². The van der Waals surface area contributed by atoms with Gasteiger partial charge < -0.3 is 5.32 Å². The van der Waals surface area contributed by atoms with E-state index >= 15 is 0 Å².